The van der Waals surface area contributed by atoms with Gasteiger partial charge in [0.15, 0.2) is 0 Å². The smallest absolute Gasteiger partial charge is 0.385 e. The number of rotatable bonds is 4. The van der Waals surface area contributed by atoms with Crippen LogP contribution in [0.25, 0.3) is 0 Å². The van der Waals surface area contributed by atoms with Gasteiger partial charge in [-0.15, -0.1) is 0 Å². The molecule has 2 N–H and O–H groups in total. The molecule has 2 rings (SSSR count). The normalized spacial score (nSPS) is 14.3. The van der Waals surface area contributed by atoms with E-state index in [0.717, 1.165) is 30.6 Å². The van der Waals surface area contributed by atoms with E-state index < -0.39 is 5.51 Å². The predicted octanol–water partition coefficient (Wildman–Crippen LogP) is 3.03. The van der Waals surface area contributed by atoms with Crippen molar-refractivity contribution in [3.05, 3.63) is 29.3 Å². The van der Waals surface area contributed by atoms with Crippen molar-refractivity contribution in [2.45, 2.75) is 18.3 Å². The Bertz CT molecular complexity index is 491. The fraction of sp³-hybridized carbons (Fsp3) is 0.462. The van der Waals surface area contributed by atoms with Gasteiger partial charge in [0.05, 0.1) is 0 Å². The summed E-state index contributed by atoms with van der Waals surface area (Å²) in [5.41, 5.74) is -1.82. The molecule has 110 valence electrons. The molecule has 3 nitrogen and oxygen atoms in total. The SMILES string of the molecule is O=C(NCCSC(F)(F)F)c1cccc2c1CCCN2. The lowest BCUT2D eigenvalue weighted by molar-refractivity contribution is -0.0327. The first kappa shape index (κ1) is 15.0. The summed E-state index contributed by atoms with van der Waals surface area (Å²) < 4.78 is 35.9. The van der Waals surface area contributed by atoms with Gasteiger partial charge in [-0.3, -0.25) is 4.79 Å². The number of thioether (sulfide) groups is 1. The molecule has 1 aliphatic heterocycles. The first-order valence-corrected chi connectivity index (χ1v) is 7.30. The highest BCUT2D eigenvalue weighted by atomic mass is 32.2. The quantitative estimate of drug-likeness (QED) is 0.840. The van der Waals surface area contributed by atoms with E-state index in [9.17, 15) is 18.0 Å². The van der Waals surface area contributed by atoms with Gasteiger partial charge in [0.25, 0.3) is 5.91 Å². The lowest BCUT2D eigenvalue weighted by Crippen LogP contribution is -2.28. The van der Waals surface area contributed by atoms with Gasteiger partial charge in [0.1, 0.15) is 0 Å². The van der Waals surface area contributed by atoms with E-state index in [4.69, 9.17) is 0 Å². The van der Waals surface area contributed by atoms with E-state index in [1.54, 1.807) is 12.1 Å². The monoisotopic (exact) mass is 304 g/mol. The summed E-state index contributed by atoms with van der Waals surface area (Å²) in [5, 5.41) is 5.75. The van der Waals surface area contributed by atoms with Gasteiger partial charge in [-0.1, -0.05) is 6.07 Å². The lowest BCUT2D eigenvalue weighted by atomic mass is 9.97. The molecule has 0 fully saturated rings. The molecule has 1 amide bonds. The highest BCUT2D eigenvalue weighted by Crippen LogP contribution is 2.29. The first-order valence-electron chi connectivity index (χ1n) is 6.32. The number of anilines is 1. The zero-order valence-electron chi connectivity index (χ0n) is 10.7. The highest BCUT2D eigenvalue weighted by molar-refractivity contribution is 8.00. The summed E-state index contributed by atoms with van der Waals surface area (Å²) >= 11 is -0.128. The molecule has 1 aliphatic rings. The van der Waals surface area contributed by atoms with Crippen LogP contribution >= 0.6 is 11.8 Å². The molecule has 0 unspecified atom stereocenters. The van der Waals surface area contributed by atoms with Crippen molar-refractivity contribution in [1.82, 2.24) is 5.32 Å². The maximum atomic E-state index is 12.0. The van der Waals surface area contributed by atoms with Crippen LogP contribution in [0, 0.1) is 0 Å². The Morgan fingerprint density at radius 1 is 1.40 bits per heavy atom. The van der Waals surface area contributed by atoms with Crippen LogP contribution in [-0.2, 0) is 6.42 Å². The molecule has 1 heterocycles. The summed E-state index contributed by atoms with van der Waals surface area (Å²) in [5.74, 6) is -0.490. The second-order valence-corrected chi connectivity index (χ2v) is 5.57. The van der Waals surface area contributed by atoms with E-state index in [1.165, 1.54) is 0 Å². The molecular formula is C13H15F3N2OS. The molecule has 0 aromatic heterocycles. The maximum absolute atomic E-state index is 12.0. The Morgan fingerprint density at radius 2 is 2.20 bits per heavy atom. The molecular weight excluding hydrogens is 289 g/mol. The molecule has 0 spiro atoms. The van der Waals surface area contributed by atoms with E-state index in [-0.39, 0.29) is 30.0 Å². The third-order valence-electron chi connectivity index (χ3n) is 2.99. The molecule has 1 aromatic carbocycles. The number of alkyl halides is 3. The van der Waals surface area contributed by atoms with E-state index >= 15 is 0 Å². The maximum Gasteiger partial charge on any atom is 0.441 e. The molecule has 0 atom stereocenters. The Balaban J connectivity index is 1.93. The average Bonchev–Trinajstić information content (AvgIpc) is 2.41. The largest absolute Gasteiger partial charge is 0.441 e. The number of amides is 1. The lowest BCUT2D eigenvalue weighted by Gasteiger charge is -2.20. The van der Waals surface area contributed by atoms with Crippen molar-refractivity contribution in [3.8, 4) is 0 Å². The van der Waals surface area contributed by atoms with Gasteiger partial charge in [0.2, 0.25) is 0 Å². The Hall–Kier alpha value is -1.37. The van der Waals surface area contributed by atoms with Crippen molar-refractivity contribution in [1.29, 1.82) is 0 Å². The fourth-order valence-electron chi connectivity index (χ4n) is 2.15. The van der Waals surface area contributed by atoms with Gasteiger partial charge >= 0.3 is 5.51 Å². The minimum Gasteiger partial charge on any atom is -0.385 e. The van der Waals surface area contributed by atoms with E-state index in [2.05, 4.69) is 10.6 Å². The molecule has 0 saturated heterocycles. The second-order valence-electron chi connectivity index (χ2n) is 4.41. The Labute approximate surface area is 119 Å². The number of hydrogen-bond acceptors (Lipinski definition) is 3. The van der Waals surface area contributed by atoms with Crippen LogP contribution in [0.3, 0.4) is 0 Å². The van der Waals surface area contributed by atoms with Crippen LogP contribution in [-0.4, -0.2) is 30.3 Å². The summed E-state index contributed by atoms with van der Waals surface area (Å²) in [6, 6.07) is 5.39. The van der Waals surface area contributed by atoms with Gasteiger partial charge in [-0.2, -0.15) is 13.2 Å². The van der Waals surface area contributed by atoms with Gasteiger partial charge in [-0.25, -0.2) is 0 Å². The third kappa shape index (κ3) is 4.06. The number of fused-ring (bicyclic) bond motifs is 1. The molecule has 0 saturated carbocycles. The van der Waals surface area contributed by atoms with Crippen molar-refractivity contribution in [3.63, 3.8) is 0 Å². The van der Waals surface area contributed by atoms with Crippen LogP contribution < -0.4 is 10.6 Å². The van der Waals surface area contributed by atoms with Gasteiger partial charge < -0.3 is 10.6 Å². The average molecular weight is 304 g/mol. The topological polar surface area (TPSA) is 41.1 Å². The molecule has 0 radical (unpaired) electrons. The van der Waals surface area contributed by atoms with Gasteiger partial charge in [0, 0.05) is 30.1 Å². The molecule has 7 heteroatoms. The van der Waals surface area contributed by atoms with E-state index in [0.29, 0.717) is 5.56 Å². The number of hydrogen-bond donors (Lipinski definition) is 2. The van der Waals surface area contributed by atoms with Crippen molar-refractivity contribution in [2.75, 3.05) is 24.2 Å². The van der Waals surface area contributed by atoms with Gasteiger partial charge in [-0.05, 0) is 42.3 Å². The molecule has 0 bridgehead atoms. The van der Waals surface area contributed by atoms with Crippen molar-refractivity contribution in [2.24, 2.45) is 0 Å². The predicted molar refractivity (Wildman–Crippen MR) is 74.1 cm³/mol. The van der Waals surface area contributed by atoms with Crippen LogP contribution in [0.5, 0.6) is 0 Å². The number of halogens is 3. The second kappa shape index (κ2) is 6.39. The van der Waals surface area contributed by atoms with Crippen LogP contribution in [0.2, 0.25) is 0 Å². The molecule has 1 aromatic rings. The summed E-state index contributed by atoms with van der Waals surface area (Å²) in [6.07, 6.45) is 1.75. The van der Waals surface area contributed by atoms with E-state index in [1.807, 2.05) is 6.07 Å². The van der Waals surface area contributed by atoms with Crippen molar-refractivity contribution < 1.29 is 18.0 Å². The summed E-state index contributed by atoms with van der Waals surface area (Å²) in [6.45, 7) is 0.875. The molecule has 20 heavy (non-hydrogen) atoms. The summed E-state index contributed by atoms with van der Waals surface area (Å²) in [7, 11) is 0. The molecule has 0 aliphatic carbocycles. The highest BCUT2D eigenvalue weighted by Gasteiger charge is 2.27. The number of nitrogens with one attached hydrogen (secondary N) is 2. The fourth-order valence-corrected chi connectivity index (χ4v) is 2.58. The standard InChI is InChI=1S/C13H15F3N2OS/c14-13(15,16)20-8-7-18-12(19)10-3-1-5-11-9(10)4-2-6-17-11/h1,3,5,17H,2,4,6-8H2,(H,18,19). The summed E-state index contributed by atoms with van der Waals surface area (Å²) in [4.78, 5) is 12.0. The zero-order valence-corrected chi connectivity index (χ0v) is 11.5. The van der Waals surface area contributed by atoms with Crippen molar-refractivity contribution >= 4 is 23.4 Å². The van der Waals surface area contributed by atoms with Crippen LogP contribution in [0.1, 0.15) is 22.3 Å². The minimum atomic E-state index is -4.25. The zero-order chi connectivity index (χ0) is 14.6. The third-order valence-corrected chi connectivity index (χ3v) is 3.73. The Morgan fingerprint density at radius 3 is 2.95 bits per heavy atom. The van der Waals surface area contributed by atoms with Crippen LogP contribution in [0.15, 0.2) is 18.2 Å². The number of benzene rings is 1. The first-order chi connectivity index (χ1) is 9.47. The number of carbonyl (C=O) groups is 1. The van der Waals surface area contributed by atoms with Crippen LogP contribution in [0.4, 0.5) is 18.9 Å². The minimum absolute atomic E-state index is 0.000105. The Kier molecular flexibility index (Phi) is 4.80. The number of carbonyl (C=O) groups excluding carboxylic acids is 1.